The van der Waals surface area contributed by atoms with Gasteiger partial charge in [0, 0.05) is 11.8 Å². The monoisotopic (exact) mass is 721 g/mol. The van der Waals surface area contributed by atoms with E-state index in [0.717, 1.165) is 47.9 Å². The summed E-state index contributed by atoms with van der Waals surface area (Å²) in [5.41, 5.74) is 5.36. The smallest absolute Gasteiger partial charge is 0.460 e. The zero-order chi connectivity index (χ0) is 36.1. The van der Waals surface area contributed by atoms with E-state index in [1.165, 1.54) is 0 Å². The van der Waals surface area contributed by atoms with Crippen molar-refractivity contribution in [1.82, 2.24) is 5.32 Å². The highest BCUT2D eigenvalue weighted by molar-refractivity contribution is 6.55. The third-order valence-corrected chi connectivity index (χ3v) is 16.1. The summed E-state index contributed by atoms with van der Waals surface area (Å²) in [4.78, 5) is 38.9. The lowest BCUT2D eigenvalue weighted by Crippen LogP contribution is -2.52. The number of benzene rings is 2. The highest BCUT2D eigenvalue weighted by Gasteiger charge is 2.48. The van der Waals surface area contributed by atoms with Gasteiger partial charge >= 0.3 is 30.1 Å². The molecule has 0 aromatic heterocycles. The molecule has 4 atom stereocenters. The number of carbonyl (C=O) groups is 2. The molecule has 2 aromatic rings. The molecular weight excluding hydrogens is 663 g/mol. The van der Waals surface area contributed by atoms with Crippen LogP contribution in [0, 0.1) is 17.8 Å². The van der Waals surface area contributed by atoms with Crippen LogP contribution in [0.1, 0.15) is 104 Å². The molecule has 0 bridgehead atoms. The Morgan fingerprint density at radius 1 is 0.820 bits per heavy atom. The number of nitrogens with one attached hydrogen (secondary N) is 1. The molecule has 10 heteroatoms. The topological polar surface area (TPSA) is 114 Å². The Kier molecular flexibility index (Phi) is 13.4. The first-order chi connectivity index (χ1) is 23.9. The van der Waals surface area contributed by atoms with Gasteiger partial charge in [-0.05, 0) is 121 Å². The fourth-order valence-corrected chi connectivity index (χ4v) is 11.8. The molecule has 3 N–H and O–H groups in total. The van der Waals surface area contributed by atoms with Crippen LogP contribution < -0.4 is 5.32 Å². The zero-order valence-corrected chi connectivity index (χ0v) is 33.1. The number of esters is 1. The zero-order valence-electron chi connectivity index (χ0n) is 31.1. The van der Waals surface area contributed by atoms with Crippen molar-refractivity contribution in [3.8, 4) is 11.1 Å². The van der Waals surface area contributed by atoms with Crippen molar-refractivity contribution in [2.45, 2.75) is 133 Å². The summed E-state index contributed by atoms with van der Waals surface area (Å²) < 4.78 is 18.6. The molecule has 0 heterocycles. The molecule has 1 amide bonds. The van der Waals surface area contributed by atoms with Crippen LogP contribution in [-0.2, 0) is 18.7 Å². The lowest BCUT2D eigenvalue weighted by Gasteiger charge is -2.31. The second-order valence-electron chi connectivity index (χ2n) is 15.8. The molecule has 0 spiro atoms. The predicted molar refractivity (Wildman–Crippen MR) is 200 cm³/mol. The Morgan fingerprint density at radius 3 is 1.86 bits per heavy atom. The minimum atomic E-state index is -1.65. The molecular formula is C40H59NO7Si2+2. The van der Waals surface area contributed by atoms with Crippen LogP contribution in [0.25, 0.3) is 11.1 Å². The first-order valence-electron chi connectivity index (χ1n) is 18.9. The lowest BCUT2D eigenvalue weighted by molar-refractivity contribution is -0.157. The minimum absolute atomic E-state index is 0.0263. The molecule has 0 aliphatic heterocycles. The Bertz CT molecular complexity index is 1360. The SMILES string of the molecule is CC(C)[Si+](O)C(C)CC[C@H]([C@H](NC(=O)OCC1c2ccccc2-c2ccccc21)C(=O)OC(C1CC1)C1CC1)[C@@H](O)CO[Si+](C(C)C)C(C)C. The van der Waals surface area contributed by atoms with Crippen molar-refractivity contribution >= 4 is 30.1 Å². The Labute approximate surface area is 303 Å². The van der Waals surface area contributed by atoms with Crippen molar-refractivity contribution < 1.29 is 33.4 Å². The first kappa shape index (κ1) is 38.7. The molecule has 3 aliphatic rings. The minimum Gasteiger partial charge on any atom is -0.460 e. The summed E-state index contributed by atoms with van der Waals surface area (Å²) >= 11 is 0. The number of ether oxygens (including phenoxy) is 2. The van der Waals surface area contributed by atoms with Crippen LogP contribution in [0.3, 0.4) is 0 Å². The van der Waals surface area contributed by atoms with Gasteiger partial charge in [0.15, 0.2) is 0 Å². The van der Waals surface area contributed by atoms with Crippen LogP contribution >= 0.6 is 0 Å². The van der Waals surface area contributed by atoms with E-state index >= 15 is 0 Å². The van der Waals surface area contributed by atoms with Crippen LogP contribution in [0.4, 0.5) is 4.79 Å². The first-order valence-corrected chi connectivity index (χ1v) is 22.1. The molecule has 0 saturated heterocycles. The number of alkyl carbamates (subject to hydrolysis) is 1. The van der Waals surface area contributed by atoms with Crippen LogP contribution in [0.5, 0.6) is 0 Å². The van der Waals surface area contributed by atoms with Gasteiger partial charge in [0.1, 0.15) is 25.4 Å². The number of carbonyl (C=O) groups excluding carboxylic acids is 2. The van der Waals surface area contributed by atoms with E-state index in [1.54, 1.807) is 0 Å². The number of hydrogen-bond acceptors (Lipinski definition) is 7. The van der Waals surface area contributed by atoms with Crippen LogP contribution in [0.15, 0.2) is 48.5 Å². The quantitative estimate of drug-likeness (QED) is 0.0996. The normalized spacial score (nSPS) is 18.1. The summed E-state index contributed by atoms with van der Waals surface area (Å²) in [7, 11) is -2.89. The Morgan fingerprint density at radius 2 is 1.36 bits per heavy atom. The summed E-state index contributed by atoms with van der Waals surface area (Å²) in [5.74, 6) is -0.607. The van der Waals surface area contributed by atoms with Gasteiger partial charge in [-0.1, -0.05) is 48.5 Å². The molecule has 2 aromatic carbocycles. The molecule has 2 fully saturated rings. The Balaban J connectivity index is 1.37. The average molecular weight is 722 g/mol. The maximum absolute atomic E-state index is 14.2. The van der Waals surface area contributed by atoms with Crippen molar-refractivity contribution in [1.29, 1.82) is 0 Å². The lowest BCUT2D eigenvalue weighted by atomic mass is 9.88. The van der Waals surface area contributed by atoms with Crippen molar-refractivity contribution in [2.24, 2.45) is 17.8 Å². The second kappa shape index (κ2) is 17.3. The van der Waals surface area contributed by atoms with Crippen LogP contribution in [0.2, 0.25) is 22.2 Å². The third-order valence-electron chi connectivity index (χ3n) is 10.8. The van der Waals surface area contributed by atoms with Gasteiger partial charge < -0.3 is 19.9 Å². The number of aliphatic hydroxyl groups excluding tert-OH is 1. The van der Waals surface area contributed by atoms with Gasteiger partial charge in [-0.2, -0.15) is 0 Å². The molecule has 2 saturated carbocycles. The van der Waals surface area contributed by atoms with Gasteiger partial charge in [-0.3, -0.25) is 0 Å². The molecule has 50 heavy (non-hydrogen) atoms. The number of amides is 1. The van der Waals surface area contributed by atoms with E-state index < -0.39 is 48.2 Å². The maximum atomic E-state index is 14.2. The number of rotatable bonds is 19. The van der Waals surface area contributed by atoms with Gasteiger partial charge in [-0.15, -0.1) is 0 Å². The third kappa shape index (κ3) is 9.67. The summed E-state index contributed by atoms with van der Waals surface area (Å²) in [5, 5.41) is 14.8. The molecule has 272 valence electrons. The number of fused-ring (bicyclic) bond motifs is 3. The number of hydrogen-bond donors (Lipinski definition) is 3. The fourth-order valence-electron chi connectivity index (χ4n) is 7.79. The van der Waals surface area contributed by atoms with E-state index in [2.05, 4.69) is 57.3 Å². The number of aliphatic hydroxyl groups is 1. The van der Waals surface area contributed by atoms with E-state index in [9.17, 15) is 19.5 Å². The Hall–Kier alpha value is -2.51. The summed E-state index contributed by atoms with van der Waals surface area (Å²) in [6.45, 7) is 14.8. The molecule has 8 nitrogen and oxygen atoms in total. The van der Waals surface area contributed by atoms with Crippen LogP contribution in [-0.4, -0.2) is 71.5 Å². The van der Waals surface area contributed by atoms with Crippen molar-refractivity contribution in [3.63, 3.8) is 0 Å². The van der Waals surface area contributed by atoms with Gasteiger partial charge in [0.05, 0.1) is 28.3 Å². The largest absolute Gasteiger partial charge is 0.478 e. The maximum Gasteiger partial charge on any atom is 0.478 e. The van der Waals surface area contributed by atoms with E-state index in [-0.39, 0.29) is 36.3 Å². The van der Waals surface area contributed by atoms with E-state index in [1.807, 2.05) is 45.0 Å². The van der Waals surface area contributed by atoms with Crippen molar-refractivity contribution in [3.05, 3.63) is 59.7 Å². The highest BCUT2D eigenvalue weighted by atomic mass is 28.3. The van der Waals surface area contributed by atoms with Gasteiger partial charge in [-0.25, -0.2) is 18.8 Å². The van der Waals surface area contributed by atoms with Gasteiger partial charge in [0.25, 0.3) is 0 Å². The molecule has 0 radical (unpaired) electrons. The van der Waals surface area contributed by atoms with Gasteiger partial charge in [0.2, 0.25) is 0 Å². The second-order valence-corrected chi connectivity index (χ2v) is 22.2. The summed E-state index contributed by atoms with van der Waals surface area (Å²) in [6, 6.07) is 15.2. The average Bonchev–Trinajstić information content (AvgIpc) is 4.03. The van der Waals surface area contributed by atoms with Crippen molar-refractivity contribution in [2.75, 3.05) is 13.2 Å². The fraction of sp³-hybridized carbons (Fsp3) is 0.650. The summed E-state index contributed by atoms with van der Waals surface area (Å²) in [6.07, 6.45) is 3.29. The van der Waals surface area contributed by atoms with E-state index in [0.29, 0.717) is 35.8 Å². The van der Waals surface area contributed by atoms with E-state index in [4.69, 9.17) is 13.9 Å². The highest BCUT2D eigenvalue weighted by Crippen LogP contribution is 2.47. The molecule has 5 rings (SSSR count). The molecule has 1 unspecified atom stereocenters. The molecule has 3 aliphatic carbocycles. The standard InChI is InChI=1S/C40H58NO7Si2/c1-24(2)49(45)27(7)16-21-34(36(42)23-47-50(25(3)4)26(5)6)37(39(43)48-38(28-17-18-28)29-19-20-29)41-40(44)46-22-35-32-14-10-8-12-30(32)31-13-9-11-15-33(31)35/h8-15,24-29,34-38,42,45H,16-23H2,1-7H3/q+1/p+1/t27?,34-,36-,37-/m0/s1. The predicted octanol–water partition coefficient (Wildman–Crippen LogP) is 7.99.